The summed E-state index contributed by atoms with van der Waals surface area (Å²) in [5.74, 6) is -1.23. The average molecular weight is 321 g/mol. The maximum atomic E-state index is 13.6. The summed E-state index contributed by atoms with van der Waals surface area (Å²) in [4.78, 5) is 12.9. The van der Waals surface area contributed by atoms with Crippen LogP contribution in [0.5, 0.6) is 0 Å². The Bertz CT molecular complexity index is 658. The number of thioether (sulfide) groups is 1. The van der Waals surface area contributed by atoms with Crippen LogP contribution in [-0.2, 0) is 4.79 Å². The minimum absolute atomic E-state index is 0.193. The smallest absolute Gasteiger partial charge is 0.230 e. The lowest BCUT2D eigenvalue weighted by Gasteiger charge is -2.15. The van der Waals surface area contributed by atoms with Gasteiger partial charge in [0.1, 0.15) is 11.6 Å². The molecule has 0 radical (unpaired) electrons. The van der Waals surface area contributed by atoms with Gasteiger partial charge in [-0.15, -0.1) is 11.8 Å². The predicted molar refractivity (Wildman–Crippen MR) is 84.8 cm³/mol. The van der Waals surface area contributed by atoms with Crippen molar-refractivity contribution in [3.63, 3.8) is 0 Å². The summed E-state index contributed by atoms with van der Waals surface area (Å²) in [5, 5.41) is 2.72. The minimum atomic E-state index is -0.654. The maximum Gasteiger partial charge on any atom is 0.230 e. The zero-order valence-electron chi connectivity index (χ0n) is 12.4. The van der Waals surface area contributed by atoms with Gasteiger partial charge in [-0.05, 0) is 32.0 Å². The molecular formula is C17H17F2NOS. The van der Waals surface area contributed by atoms with Gasteiger partial charge in [0.25, 0.3) is 0 Å². The molecule has 0 aliphatic heterocycles. The number of nitrogens with one attached hydrogen (secondary N) is 1. The van der Waals surface area contributed by atoms with Crippen LogP contribution in [0.15, 0.2) is 47.4 Å². The monoisotopic (exact) mass is 321 g/mol. The van der Waals surface area contributed by atoms with Crippen LogP contribution >= 0.6 is 11.8 Å². The molecule has 0 aromatic heterocycles. The molecule has 2 aromatic rings. The number of hydrogen-bond donors (Lipinski definition) is 1. The van der Waals surface area contributed by atoms with Crippen molar-refractivity contribution in [2.45, 2.75) is 24.8 Å². The Labute approximate surface area is 132 Å². The van der Waals surface area contributed by atoms with Crippen LogP contribution in [0.4, 0.5) is 8.78 Å². The van der Waals surface area contributed by atoms with Gasteiger partial charge >= 0.3 is 0 Å². The highest BCUT2D eigenvalue weighted by Crippen LogP contribution is 2.20. The molecule has 22 heavy (non-hydrogen) atoms. The van der Waals surface area contributed by atoms with Crippen molar-refractivity contribution in [3.8, 4) is 0 Å². The number of hydrogen-bond acceptors (Lipinski definition) is 2. The Morgan fingerprint density at radius 1 is 1.18 bits per heavy atom. The molecule has 5 heteroatoms. The van der Waals surface area contributed by atoms with Gasteiger partial charge in [-0.3, -0.25) is 4.79 Å². The van der Waals surface area contributed by atoms with Crippen molar-refractivity contribution in [1.82, 2.24) is 5.32 Å². The summed E-state index contributed by atoms with van der Waals surface area (Å²) in [7, 11) is 0. The lowest BCUT2D eigenvalue weighted by atomic mass is 10.1. The fourth-order valence-corrected chi connectivity index (χ4v) is 2.71. The van der Waals surface area contributed by atoms with Crippen molar-refractivity contribution in [3.05, 3.63) is 65.2 Å². The minimum Gasteiger partial charge on any atom is -0.349 e. The Balaban J connectivity index is 1.89. The second kappa shape index (κ2) is 7.40. The molecule has 0 saturated carbocycles. The molecule has 2 aromatic carbocycles. The van der Waals surface area contributed by atoms with Gasteiger partial charge in [-0.25, -0.2) is 8.78 Å². The number of amides is 1. The molecule has 1 atom stereocenters. The number of carbonyl (C=O) groups is 1. The fraction of sp³-hybridized carbons (Fsp3) is 0.235. The van der Waals surface area contributed by atoms with Crippen LogP contribution < -0.4 is 5.32 Å². The van der Waals surface area contributed by atoms with Crippen molar-refractivity contribution in [2.24, 2.45) is 0 Å². The summed E-state index contributed by atoms with van der Waals surface area (Å²) in [5.41, 5.74) is 1.43. The molecule has 2 rings (SSSR count). The largest absolute Gasteiger partial charge is 0.349 e. The molecule has 116 valence electrons. The Kier molecular flexibility index (Phi) is 5.55. The van der Waals surface area contributed by atoms with Crippen molar-refractivity contribution < 1.29 is 13.6 Å². The van der Waals surface area contributed by atoms with E-state index in [1.54, 1.807) is 6.92 Å². The standard InChI is InChI=1S/C17H17F2NOS/c1-11-3-6-14(7-4-11)22-10-17(21)20-12(2)15-8-5-13(18)9-16(15)19/h3-9,12H,10H2,1-2H3,(H,20,21)/t12-/m1/s1. The number of carbonyl (C=O) groups excluding carboxylic acids is 1. The molecule has 1 amide bonds. The summed E-state index contributed by atoms with van der Waals surface area (Å²) in [6.07, 6.45) is 0. The van der Waals surface area contributed by atoms with Crippen LogP contribution in [0.25, 0.3) is 0 Å². The lowest BCUT2D eigenvalue weighted by Crippen LogP contribution is -2.28. The number of benzene rings is 2. The Morgan fingerprint density at radius 2 is 1.86 bits per heavy atom. The lowest BCUT2D eigenvalue weighted by molar-refractivity contribution is -0.119. The molecule has 0 spiro atoms. The van der Waals surface area contributed by atoms with E-state index in [-0.39, 0.29) is 17.2 Å². The first kappa shape index (κ1) is 16.5. The van der Waals surface area contributed by atoms with Gasteiger partial charge in [0.15, 0.2) is 0 Å². The van der Waals surface area contributed by atoms with Gasteiger partial charge < -0.3 is 5.32 Å². The van der Waals surface area contributed by atoms with Crippen LogP contribution in [0.3, 0.4) is 0 Å². The van der Waals surface area contributed by atoms with Gasteiger partial charge in [-0.2, -0.15) is 0 Å². The quantitative estimate of drug-likeness (QED) is 0.835. The van der Waals surface area contributed by atoms with Gasteiger partial charge in [0.05, 0.1) is 11.8 Å². The third-order valence-electron chi connectivity index (χ3n) is 3.20. The first-order valence-electron chi connectivity index (χ1n) is 6.89. The van der Waals surface area contributed by atoms with E-state index >= 15 is 0 Å². The van der Waals surface area contributed by atoms with E-state index in [0.29, 0.717) is 0 Å². The van der Waals surface area contributed by atoms with Crippen LogP contribution in [0, 0.1) is 18.6 Å². The van der Waals surface area contributed by atoms with Crippen molar-refractivity contribution in [1.29, 1.82) is 0 Å². The summed E-state index contributed by atoms with van der Waals surface area (Å²) in [6.45, 7) is 3.67. The second-order valence-electron chi connectivity index (χ2n) is 5.06. The molecule has 0 aliphatic carbocycles. The first-order valence-corrected chi connectivity index (χ1v) is 7.88. The van der Waals surface area contributed by atoms with E-state index in [2.05, 4.69) is 5.32 Å². The molecule has 2 nitrogen and oxygen atoms in total. The average Bonchev–Trinajstić information content (AvgIpc) is 2.46. The summed E-state index contributed by atoms with van der Waals surface area (Å²) < 4.78 is 26.5. The third kappa shape index (κ3) is 4.56. The van der Waals surface area contributed by atoms with E-state index in [1.165, 1.54) is 23.9 Å². The SMILES string of the molecule is Cc1ccc(SCC(=O)N[C@H](C)c2ccc(F)cc2F)cc1. The predicted octanol–water partition coefficient (Wildman–Crippen LogP) is 4.24. The van der Waals surface area contributed by atoms with Crippen LogP contribution in [-0.4, -0.2) is 11.7 Å². The zero-order chi connectivity index (χ0) is 16.1. The summed E-state index contributed by atoms with van der Waals surface area (Å²) in [6, 6.07) is 10.7. The third-order valence-corrected chi connectivity index (χ3v) is 4.21. The molecule has 0 heterocycles. The zero-order valence-corrected chi connectivity index (χ0v) is 13.2. The normalized spacial score (nSPS) is 12.0. The van der Waals surface area contributed by atoms with E-state index < -0.39 is 17.7 Å². The maximum absolute atomic E-state index is 13.6. The fourth-order valence-electron chi connectivity index (χ4n) is 2.00. The molecule has 0 bridgehead atoms. The van der Waals surface area contributed by atoms with Gasteiger partial charge in [0.2, 0.25) is 5.91 Å². The van der Waals surface area contributed by atoms with Gasteiger partial charge in [0, 0.05) is 16.5 Å². The topological polar surface area (TPSA) is 29.1 Å². The molecule has 0 unspecified atom stereocenters. The van der Waals surface area contributed by atoms with Crippen LogP contribution in [0.1, 0.15) is 24.1 Å². The number of halogens is 2. The molecule has 0 aliphatic rings. The molecule has 0 fully saturated rings. The Hall–Kier alpha value is -1.88. The highest BCUT2D eigenvalue weighted by Gasteiger charge is 2.14. The van der Waals surface area contributed by atoms with E-state index in [9.17, 15) is 13.6 Å². The number of aryl methyl sites for hydroxylation is 1. The number of rotatable bonds is 5. The molecule has 1 N–H and O–H groups in total. The Morgan fingerprint density at radius 3 is 2.50 bits per heavy atom. The van der Waals surface area contributed by atoms with E-state index in [1.807, 2.05) is 31.2 Å². The highest BCUT2D eigenvalue weighted by atomic mass is 32.2. The molecular weight excluding hydrogens is 304 g/mol. The van der Waals surface area contributed by atoms with Crippen molar-refractivity contribution >= 4 is 17.7 Å². The molecule has 0 saturated heterocycles. The first-order chi connectivity index (χ1) is 10.5. The van der Waals surface area contributed by atoms with E-state index in [4.69, 9.17) is 0 Å². The highest BCUT2D eigenvalue weighted by molar-refractivity contribution is 8.00. The second-order valence-corrected chi connectivity index (χ2v) is 6.11. The van der Waals surface area contributed by atoms with Crippen molar-refractivity contribution in [2.75, 3.05) is 5.75 Å². The van der Waals surface area contributed by atoms with Crippen LogP contribution in [0.2, 0.25) is 0 Å². The van der Waals surface area contributed by atoms with Gasteiger partial charge in [-0.1, -0.05) is 23.8 Å². The van der Waals surface area contributed by atoms with E-state index in [0.717, 1.165) is 16.5 Å². The summed E-state index contributed by atoms with van der Waals surface area (Å²) >= 11 is 1.42.